The molecule has 1 aliphatic rings. The fourth-order valence-corrected chi connectivity index (χ4v) is 3.43. The molecule has 0 aromatic carbocycles. The van der Waals surface area contributed by atoms with Gasteiger partial charge in [0.1, 0.15) is 18.5 Å². The van der Waals surface area contributed by atoms with Crippen molar-refractivity contribution in [1.29, 1.82) is 0 Å². The maximum Gasteiger partial charge on any atom is 0.254 e. The summed E-state index contributed by atoms with van der Waals surface area (Å²) in [7, 11) is 1.47. The number of carbonyl (C=O) groups is 1. The minimum Gasteiger partial charge on any atom is -0.387 e. The summed E-state index contributed by atoms with van der Waals surface area (Å²) in [5.74, 6) is 0.299. The Labute approximate surface area is 159 Å². The number of hydrogen-bond acceptors (Lipinski definition) is 9. The number of thioether (sulfide) groups is 1. The summed E-state index contributed by atoms with van der Waals surface area (Å²) in [6.45, 7) is 3.73. The first-order valence-corrected chi connectivity index (χ1v) is 9.53. The predicted octanol–water partition coefficient (Wildman–Crippen LogP) is -0.0504. The van der Waals surface area contributed by atoms with Gasteiger partial charge in [-0.1, -0.05) is 6.58 Å². The lowest BCUT2D eigenvalue weighted by molar-refractivity contribution is -0.113. The van der Waals surface area contributed by atoms with E-state index in [0.717, 1.165) is 0 Å². The SMILES string of the molecule is C=C(COC)C(=O)Nc1ncnc2c1ncn2[C@@H]1O[C@H](CSC)[C@@H](O)[C@H]1O. The number of rotatable bonds is 7. The summed E-state index contributed by atoms with van der Waals surface area (Å²) in [5, 5.41) is 23.2. The number of aliphatic hydroxyl groups excluding tert-OH is 2. The van der Waals surface area contributed by atoms with Crippen LogP contribution in [0.4, 0.5) is 5.82 Å². The van der Waals surface area contributed by atoms with Crippen LogP contribution in [0.15, 0.2) is 24.8 Å². The molecule has 27 heavy (non-hydrogen) atoms. The molecular formula is C16H21N5O5S. The van der Waals surface area contributed by atoms with E-state index in [-0.39, 0.29) is 18.0 Å². The van der Waals surface area contributed by atoms with Crippen LogP contribution in [-0.4, -0.2) is 79.7 Å². The molecular weight excluding hydrogens is 374 g/mol. The number of nitrogens with zero attached hydrogens (tertiary/aromatic N) is 4. The van der Waals surface area contributed by atoms with E-state index in [1.807, 2.05) is 6.26 Å². The Morgan fingerprint density at radius 3 is 2.89 bits per heavy atom. The summed E-state index contributed by atoms with van der Waals surface area (Å²) in [5.41, 5.74) is 0.926. The van der Waals surface area contributed by atoms with Gasteiger partial charge in [0.05, 0.1) is 19.0 Å². The van der Waals surface area contributed by atoms with Crippen molar-refractivity contribution in [3.05, 3.63) is 24.8 Å². The Balaban J connectivity index is 1.88. The quantitative estimate of drug-likeness (QED) is 0.552. The van der Waals surface area contributed by atoms with Crippen molar-refractivity contribution in [3.63, 3.8) is 0 Å². The first kappa shape index (κ1) is 19.7. The molecule has 10 nitrogen and oxygen atoms in total. The lowest BCUT2D eigenvalue weighted by Crippen LogP contribution is -2.32. The lowest BCUT2D eigenvalue weighted by atomic mass is 10.1. The number of amides is 1. The molecule has 3 heterocycles. The summed E-state index contributed by atoms with van der Waals surface area (Å²) in [4.78, 5) is 24.6. The fourth-order valence-electron chi connectivity index (χ4n) is 2.83. The molecule has 0 radical (unpaired) electrons. The van der Waals surface area contributed by atoms with Crippen molar-refractivity contribution in [2.24, 2.45) is 0 Å². The molecule has 0 aliphatic carbocycles. The first-order chi connectivity index (χ1) is 13.0. The van der Waals surface area contributed by atoms with Crippen LogP contribution in [0.5, 0.6) is 0 Å². The van der Waals surface area contributed by atoms with Gasteiger partial charge in [-0.3, -0.25) is 9.36 Å². The third kappa shape index (κ3) is 3.82. The van der Waals surface area contributed by atoms with Gasteiger partial charge in [0.15, 0.2) is 23.2 Å². The number of aliphatic hydroxyl groups is 2. The average Bonchev–Trinajstić information content (AvgIpc) is 3.19. The number of fused-ring (bicyclic) bond motifs is 1. The monoisotopic (exact) mass is 395 g/mol. The molecule has 0 saturated carbocycles. The van der Waals surface area contributed by atoms with Crippen molar-refractivity contribution in [2.45, 2.75) is 24.5 Å². The summed E-state index contributed by atoms with van der Waals surface area (Å²) >= 11 is 1.51. The van der Waals surface area contributed by atoms with E-state index < -0.39 is 30.4 Å². The van der Waals surface area contributed by atoms with E-state index in [0.29, 0.717) is 16.9 Å². The molecule has 1 fully saturated rings. The average molecular weight is 395 g/mol. The second kappa shape index (κ2) is 8.31. The summed E-state index contributed by atoms with van der Waals surface area (Å²) in [6.07, 6.45) is 1.10. The number of aromatic nitrogens is 4. The molecule has 0 bridgehead atoms. The normalized spacial score (nSPS) is 25.0. The van der Waals surface area contributed by atoms with Crippen molar-refractivity contribution in [3.8, 4) is 0 Å². The van der Waals surface area contributed by atoms with Crippen LogP contribution in [0.3, 0.4) is 0 Å². The highest BCUT2D eigenvalue weighted by Gasteiger charge is 2.44. The van der Waals surface area contributed by atoms with E-state index in [4.69, 9.17) is 9.47 Å². The number of carbonyl (C=O) groups excluding carboxylic acids is 1. The van der Waals surface area contributed by atoms with E-state index >= 15 is 0 Å². The molecule has 4 atom stereocenters. The minimum atomic E-state index is -1.13. The van der Waals surface area contributed by atoms with E-state index in [2.05, 4.69) is 26.8 Å². The molecule has 2 aromatic heterocycles. The summed E-state index contributed by atoms with van der Waals surface area (Å²) in [6, 6.07) is 0. The van der Waals surface area contributed by atoms with Gasteiger partial charge in [0, 0.05) is 18.4 Å². The van der Waals surface area contributed by atoms with Crippen molar-refractivity contribution < 1.29 is 24.5 Å². The molecule has 1 saturated heterocycles. The highest BCUT2D eigenvalue weighted by molar-refractivity contribution is 7.98. The zero-order chi connectivity index (χ0) is 19.6. The van der Waals surface area contributed by atoms with Crippen molar-refractivity contribution in [2.75, 3.05) is 31.0 Å². The molecule has 0 spiro atoms. The lowest BCUT2D eigenvalue weighted by Gasteiger charge is -2.16. The van der Waals surface area contributed by atoms with Crippen molar-refractivity contribution in [1.82, 2.24) is 19.5 Å². The highest BCUT2D eigenvalue weighted by atomic mass is 32.2. The smallest absolute Gasteiger partial charge is 0.254 e. The Kier molecular flexibility index (Phi) is 6.07. The Hall–Kier alpha value is -2.05. The zero-order valence-corrected chi connectivity index (χ0v) is 15.7. The van der Waals surface area contributed by atoms with Gasteiger partial charge in [-0.15, -0.1) is 0 Å². The van der Waals surface area contributed by atoms with Gasteiger partial charge >= 0.3 is 0 Å². The molecule has 146 valence electrons. The van der Waals surface area contributed by atoms with Gasteiger partial charge < -0.3 is 25.0 Å². The molecule has 0 unspecified atom stereocenters. The second-order valence-corrected chi connectivity index (χ2v) is 6.95. The topological polar surface area (TPSA) is 132 Å². The minimum absolute atomic E-state index is 0.0886. The number of hydrogen-bond donors (Lipinski definition) is 3. The van der Waals surface area contributed by atoms with Crippen molar-refractivity contribution >= 4 is 34.7 Å². The van der Waals surface area contributed by atoms with Crippen LogP contribution in [0.1, 0.15) is 6.23 Å². The van der Waals surface area contributed by atoms with E-state index in [1.165, 1.54) is 36.1 Å². The maximum absolute atomic E-state index is 12.1. The Bertz CT molecular complexity index is 844. The molecule has 3 N–H and O–H groups in total. The van der Waals surface area contributed by atoms with Crippen LogP contribution >= 0.6 is 11.8 Å². The van der Waals surface area contributed by atoms with Crippen LogP contribution in [-0.2, 0) is 14.3 Å². The number of ether oxygens (including phenoxy) is 2. The Morgan fingerprint density at radius 2 is 2.19 bits per heavy atom. The largest absolute Gasteiger partial charge is 0.387 e. The second-order valence-electron chi connectivity index (χ2n) is 6.04. The number of nitrogens with one attached hydrogen (secondary N) is 1. The van der Waals surface area contributed by atoms with Gasteiger partial charge in [0.25, 0.3) is 5.91 Å². The third-order valence-electron chi connectivity index (χ3n) is 4.17. The highest BCUT2D eigenvalue weighted by Crippen LogP contribution is 2.33. The van der Waals surface area contributed by atoms with Gasteiger partial charge in [0.2, 0.25) is 0 Å². The maximum atomic E-state index is 12.1. The third-order valence-corrected chi connectivity index (χ3v) is 4.83. The van der Waals surface area contributed by atoms with E-state index in [1.54, 1.807) is 0 Å². The molecule has 1 aliphatic heterocycles. The first-order valence-electron chi connectivity index (χ1n) is 8.14. The van der Waals surface area contributed by atoms with Crippen LogP contribution < -0.4 is 5.32 Å². The van der Waals surface area contributed by atoms with Crippen LogP contribution in [0.25, 0.3) is 11.2 Å². The van der Waals surface area contributed by atoms with E-state index in [9.17, 15) is 15.0 Å². The van der Waals surface area contributed by atoms with Crippen LogP contribution in [0.2, 0.25) is 0 Å². The number of anilines is 1. The predicted molar refractivity (Wildman–Crippen MR) is 99.3 cm³/mol. The zero-order valence-electron chi connectivity index (χ0n) is 14.9. The Morgan fingerprint density at radius 1 is 1.41 bits per heavy atom. The summed E-state index contributed by atoms with van der Waals surface area (Å²) < 4.78 is 12.2. The van der Waals surface area contributed by atoms with Gasteiger partial charge in [-0.25, -0.2) is 15.0 Å². The molecule has 3 rings (SSSR count). The number of methoxy groups -OCH3 is 1. The van der Waals surface area contributed by atoms with Gasteiger partial charge in [-0.05, 0) is 6.26 Å². The van der Waals surface area contributed by atoms with Crippen LogP contribution in [0, 0.1) is 0 Å². The fraction of sp³-hybridized carbons (Fsp3) is 0.500. The molecule has 2 aromatic rings. The molecule has 11 heteroatoms. The van der Waals surface area contributed by atoms with Gasteiger partial charge in [-0.2, -0.15) is 11.8 Å². The molecule has 1 amide bonds. The standard InChI is InChI=1S/C16H21N5O5S/c1-8(4-25-2)15(24)20-13-10-14(18-6-17-13)21(7-19-10)16-12(23)11(22)9(26-16)5-27-3/h6-7,9,11-12,16,22-23H,1,4-5H2,2-3H3,(H,17,18,20,24)/t9-,11-,12-,16-/m1/s1. The number of imidazole rings is 1.